The van der Waals surface area contributed by atoms with Crippen molar-refractivity contribution in [2.75, 3.05) is 13.2 Å². The van der Waals surface area contributed by atoms with Crippen molar-refractivity contribution in [3.05, 3.63) is 0 Å². The zero-order valence-electron chi connectivity index (χ0n) is 8.56. The zero-order valence-corrected chi connectivity index (χ0v) is 10.3. The third kappa shape index (κ3) is 10.7. The lowest BCUT2D eigenvalue weighted by molar-refractivity contribution is 0.175. The van der Waals surface area contributed by atoms with Crippen LogP contribution in [0.3, 0.4) is 0 Å². The van der Waals surface area contributed by atoms with E-state index < -0.39 is 15.6 Å². The Kier molecular flexibility index (Phi) is 7.63. The SMILES string of the molecule is O=P(O)(O)OP(=O)(O)OCCCCCCO. The number of hydrogen-bond acceptors (Lipinski definition) is 5. The highest BCUT2D eigenvalue weighted by Gasteiger charge is 2.31. The lowest BCUT2D eigenvalue weighted by Gasteiger charge is -2.11. The summed E-state index contributed by atoms with van der Waals surface area (Å²) >= 11 is 0. The van der Waals surface area contributed by atoms with Crippen LogP contribution in [0.15, 0.2) is 0 Å². The molecule has 0 aromatic carbocycles. The Morgan fingerprint density at radius 2 is 1.50 bits per heavy atom. The molecule has 16 heavy (non-hydrogen) atoms. The van der Waals surface area contributed by atoms with Gasteiger partial charge in [-0.1, -0.05) is 12.8 Å². The molecule has 0 bridgehead atoms. The third-order valence-corrected chi connectivity index (χ3v) is 3.70. The van der Waals surface area contributed by atoms with Crippen LogP contribution in [0.1, 0.15) is 25.7 Å². The first kappa shape index (κ1) is 16.2. The van der Waals surface area contributed by atoms with Gasteiger partial charge in [-0.15, -0.1) is 0 Å². The van der Waals surface area contributed by atoms with Gasteiger partial charge in [0, 0.05) is 6.61 Å². The Morgan fingerprint density at radius 3 is 2.00 bits per heavy atom. The molecule has 0 aromatic heterocycles. The van der Waals surface area contributed by atoms with Crippen molar-refractivity contribution in [1.82, 2.24) is 0 Å². The second-order valence-corrected chi connectivity index (χ2v) is 5.84. The average molecular weight is 278 g/mol. The Labute approximate surface area is 93.1 Å². The first-order valence-electron chi connectivity index (χ1n) is 4.62. The molecule has 1 unspecified atom stereocenters. The van der Waals surface area contributed by atoms with E-state index in [1.54, 1.807) is 0 Å². The zero-order chi connectivity index (χ0) is 12.7. The van der Waals surface area contributed by atoms with E-state index in [-0.39, 0.29) is 13.2 Å². The second kappa shape index (κ2) is 7.53. The fourth-order valence-electron chi connectivity index (χ4n) is 0.905. The monoisotopic (exact) mass is 278 g/mol. The average Bonchev–Trinajstić information content (AvgIpc) is 2.06. The highest BCUT2D eigenvalue weighted by Crippen LogP contribution is 2.57. The Morgan fingerprint density at radius 1 is 0.938 bits per heavy atom. The molecular weight excluding hydrogens is 262 g/mol. The molecule has 0 aromatic rings. The summed E-state index contributed by atoms with van der Waals surface area (Å²) in [6, 6.07) is 0. The maximum Gasteiger partial charge on any atom is 0.481 e. The largest absolute Gasteiger partial charge is 0.481 e. The predicted molar refractivity (Wildman–Crippen MR) is 54.5 cm³/mol. The lowest BCUT2D eigenvalue weighted by atomic mass is 10.2. The normalized spacial score (nSPS) is 16.0. The van der Waals surface area contributed by atoms with E-state index in [9.17, 15) is 9.13 Å². The Balaban J connectivity index is 3.67. The van der Waals surface area contributed by atoms with E-state index >= 15 is 0 Å². The highest BCUT2D eigenvalue weighted by molar-refractivity contribution is 7.60. The summed E-state index contributed by atoms with van der Waals surface area (Å²) < 4.78 is 29.0. The summed E-state index contributed by atoms with van der Waals surface area (Å²) in [4.78, 5) is 25.4. The molecule has 0 radical (unpaired) electrons. The number of rotatable bonds is 9. The molecular formula is C6H16O8P2. The Bertz CT molecular complexity index is 274. The van der Waals surface area contributed by atoms with Gasteiger partial charge >= 0.3 is 15.6 Å². The van der Waals surface area contributed by atoms with E-state index in [2.05, 4.69) is 8.83 Å². The van der Waals surface area contributed by atoms with Gasteiger partial charge in [0.1, 0.15) is 0 Å². The summed E-state index contributed by atoms with van der Waals surface area (Å²) in [5.74, 6) is 0. The van der Waals surface area contributed by atoms with Gasteiger partial charge in [0.25, 0.3) is 0 Å². The van der Waals surface area contributed by atoms with Crippen LogP contribution in [-0.4, -0.2) is 33.0 Å². The minimum Gasteiger partial charge on any atom is -0.396 e. The van der Waals surface area contributed by atoms with Crippen LogP contribution in [0.5, 0.6) is 0 Å². The number of phosphoric acid groups is 2. The fraction of sp³-hybridized carbons (Fsp3) is 1.00. The van der Waals surface area contributed by atoms with E-state index in [0.717, 1.165) is 6.42 Å². The van der Waals surface area contributed by atoms with E-state index in [0.29, 0.717) is 19.3 Å². The molecule has 0 fully saturated rings. The standard InChI is InChI=1S/C6H16O8P2/c7-5-3-1-2-4-6-13-16(11,12)14-15(8,9)10/h7H,1-6H2,(H,11,12)(H2,8,9,10). The van der Waals surface area contributed by atoms with Crippen molar-refractivity contribution in [2.24, 2.45) is 0 Å². The molecule has 0 aliphatic heterocycles. The van der Waals surface area contributed by atoms with Crippen molar-refractivity contribution in [1.29, 1.82) is 0 Å². The number of hydrogen-bond donors (Lipinski definition) is 4. The van der Waals surface area contributed by atoms with Gasteiger partial charge in [-0.3, -0.25) is 4.52 Å². The predicted octanol–water partition coefficient (Wildman–Crippen LogP) is 0.765. The maximum atomic E-state index is 10.9. The van der Waals surface area contributed by atoms with E-state index in [1.807, 2.05) is 0 Å². The summed E-state index contributed by atoms with van der Waals surface area (Å²) in [7, 11) is -9.71. The van der Waals surface area contributed by atoms with Crippen LogP contribution in [0, 0.1) is 0 Å². The maximum absolute atomic E-state index is 10.9. The van der Waals surface area contributed by atoms with Gasteiger partial charge in [0.15, 0.2) is 0 Å². The topological polar surface area (TPSA) is 134 Å². The molecule has 0 heterocycles. The van der Waals surface area contributed by atoms with Crippen LogP contribution in [-0.2, 0) is 18.0 Å². The molecule has 0 rings (SSSR count). The minimum absolute atomic E-state index is 0.0840. The van der Waals surface area contributed by atoms with Crippen molar-refractivity contribution in [3.8, 4) is 0 Å². The fourth-order valence-corrected chi connectivity index (χ4v) is 2.53. The van der Waals surface area contributed by atoms with Gasteiger partial charge in [0.05, 0.1) is 6.61 Å². The minimum atomic E-state index is -5.02. The van der Waals surface area contributed by atoms with Gasteiger partial charge in [0.2, 0.25) is 0 Å². The molecule has 0 aliphatic carbocycles. The van der Waals surface area contributed by atoms with Crippen LogP contribution in [0.2, 0.25) is 0 Å². The number of phosphoric ester groups is 1. The van der Waals surface area contributed by atoms with Crippen molar-refractivity contribution >= 4 is 15.6 Å². The van der Waals surface area contributed by atoms with Gasteiger partial charge in [-0.2, -0.15) is 4.31 Å². The summed E-state index contributed by atoms with van der Waals surface area (Å²) in [5, 5.41) is 8.46. The smallest absolute Gasteiger partial charge is 0.396 e. The lowest BCUT2D eigenvalue weighted by Crippen LogP contribution is -1.96. The summed E-state index contributed by atoms with van der Waals surface area (Å²) in [5.41, 5.74) is 0. The van der Waals surface area contributed by atoms with E-state index in [1.165, 1.54) is 0 Å². The molecule has 0 saturated carbocycles. The van der Waals surface area contributed by atoms with Crippen molar-refractivity contribution in [3.63, 3.8) is 0 Å². The summed E-state index contributed by atoms with van der Waals surface area (Å²) in [6.45, 7) is -0.0557. The molecule has 0 amide bonds. The van der Waals surface area contributed by atoms with Crippen LogP contribution in [0.25, 0.3) is 0 Å². The van der Waals surface area contributed by atoms with Crippen LogP contribution >= 0.6 is 15.6 Å². The van der Waals surface area contributed by atoms with Crippen molar-refractivity contribution < 1.29 is 37.8 Å². The first-order chi connectivity index (χ1) is 7.27. The van der Waals surface area contributed by atoms with Crippen molar-refractivity contribution in [2.45, 2.75) is 25.7 Å². The second-order valence-electron chi connectivity index (χ2n) is 3.01. The van der Waals surface area contributed by atoms with Crippen LogP contribution < -0.4 is 0 Å². The van der Waals surface area contributed by atoms with Crippen LogP contribution in [0.4, 0.5) is 0 Å². The third-order valence-electron chi connectivity index (χ3n) is 1.52. The molecule has 1 atom stereocenters. The van der Waals surface area contributed by atoms with Gasteiger partial charge < -0.3 is 19.8 Å². The van der Waals surface area contributed by atoms with Gasteiger partial charge in [-0.25, -0.2) is 9.13 Å². The van der Waals surface area contributed by atoms with E-state index in [4.69, 9.17) is 19.8 Å². The Hall–Kier alpha value is 0.220. The summed E-state index contributed by atoms with van der Waals surface area (Å²) in [6.07, 6.45) is 2.50. The molecule has 0 spiro atoms. The molecule has 0 saturated heterocycles. The van der Waals surface area contributed by atoms with Gasteiger partial charge in [-0.05, 0) is 12.8 Å². The molecule has 10 heteroatoms. The highest BCUT2D eigenvalue weighted by atomic mass is 31.3. The first-order valence-corrected chi connectivity index (χ1v) is 7.64. The molecule has 8 nitrogen and oxygen atoms in total. The molecule has 98 valence electrons. The number of unbranched alkanes of at least 4 members (excludes halogenated alkanes) is 3. The quantitative estimate of drug-likeness (QED) is 0.359. The molecule has 4 N–H and O–H groups in total. The number of aliphatic hydroxyl groups is 1. The number of aliphatic hydroxyl groups excluding tert-OH is 1. The molecule has 0 aliphatic rings.